The number of hydrogen-bond acceptors (Lipinski definition) is 2. The molecule has 4 rings (SSSR count). The van der Waals surface area contributed by atoms with Gasteiger partial charge in [-0.05, 0) is 48.1 Å². The summed E-state index contributed by atoms with van der Waals surface area (Å²) in [5.74, 6) is -1.69. The standard InChI is InChI=1S/C19H17FN2O3/c1-8-13(18(24)25)15-16(21-8)11(7-19(15,2)3)14-10-6-9(20)4-5-12(10)22-17(14)23/h4-6,21H,7H2,1-3H3,(H,22,23)(H,24,25)/b14-11-. The first-order chi connectivity index (χ1) is 11.7. The zero-order chi connectivity index (χ0) is 18.1. The molecule has 128 valence electrons. The summed E-state index contributed by atoms with van der Waals surface area (Å²) in [6.07, 6.45) is 0.507. The molecule has 0 unspecified atom stereocenters. The second-order valence-corrected chi connectivity index (χ2v) is 7.24. The lowest BCUT2D eigenvalue weighted by Crippen LogP contribution is -2.16. The molecule has 0 radical (unpaired) electrons. The summed E-state index contributed by atoms with van der Waals surface area (Å²) < 4.78 is 13.7. The van der Waals surface area contributed by atoms with Gasteiger partial charge in [-0.3, -0.25) is 4.79 Å². The van der Waals surface area contributed by atoms with Gasteiger partial charge in [-0.25, -0.2) is 9.18 Å². The van der Waals surface area contributed by atoms with Crippen LogP contribution in [0.3, 0.4) is 0 Å². The van der Waals surface area contributed by atoms with Crippen molar-refractivity contribution < 1.29 is 19.1 Å². The smallest absolute Gasteiger partial charge is 0.337 e. The van der Waals surface area contributed by atoms with Crippen LogP contribution in [0, 0.1) is 12.7 Å². The summed E-state index contributed by atoms with van der Waals surface area (Å²) in [6.45, 7) is 5.62. The predicted molar refractivity (Wildman–Crippen MR) is 92.0 cm³/mol. The molecule has 0 fully saturated rings. The summed E-state index contributed by atoms with van der Waals surface area (Å²) >= 11 is 0. The zero-order valence-electron chi connectivity index (χ0n) is 14.1. The van der Waals surface area contributed by atoms with Crippen molar-refractivity contribution in [3.8, 4) is 0 Å². The molecular weight excluding hydrogens is 323 g/mol. The number of carboxylic acid groups (broad SMARTS) is 1. The van der Waals surface area contributed by atoms with E-state index in [4.69, 9.17) is 0 Å². The summed E-state index contributed by atoms with van der Waals surface area (Å²) in [6, 6.07) is 4.19. The van der Waals surface area contributed by atoms with E-state index in [9.17, 15) is 19.1 Å². The molecule has 3 N–H and O–H groups in total. The maximum atomic E-state index is 13.7. The average molecular weight is 340 g/mol. The van der Waals surface area contributed by atoms with Crippen molar-refractivity contribution in [1.29, 1.82) is 0 Å². The number of aromatic amines is 1. The monoisotopic (exact) mass is 340 g/mol. The SMILES string of the molecule is Cc1[nH]c2c(c1C(=O)O)C(C)(C)C/C2=C1/C(=O)Nc2ccc(F)cc21. The minimum atomic E-state index is -0.989. The lowest BCUT2D eigenvalue weighted by molar-refractivity contribution is -0.110. The third-order valence-electron chi connectivity index (χ3n) is 5.03. The molecular formula is C19H17FN2O3. The van der Waals surface area contributed by atoms with Crippen molar-refractivity contribution in [1.82, 2.24) is 4.98 Å². The largest absolute Gasteiger partial charge is 0.478 e. The Morgan fingerprint density at radius 3 is 2.72 bits per heavy atom. The summed E-state index contributed by atoms with van der Waals surface area (Å²) in [7, 11) is 0. The number of aromatic nitrogens is 1. The van der Waals surface area contributed by atoms with Crippen LogP contribution >= 0.6 is 0 Å². The van der Waals surface area contributed by atoms with Crippen molar-refractivity contribution >= 4 is 28.7 Å². The minimum absolute atomic E-state index is 0.258. The second kappa shape index (κ2) is 4.81. The van der Waals surface area contributed by atoms with Gasteiger partial charge >= 0.3 is 5.97 Å². The van der Waals surface area contributed by atoms with E-state index in [0.717, 1.165) is 5.57 Å². The van der Waals surface area contributed by atoms with E-state index in [1.807, 2.05) is 13.8 Å². The molecule has 6 heteroatoms. The van der Waals surface area contributed by atoms with Crippen LogP contribution in [0.2, 0.25) is 0 Å². The summed E-state index contributed by atoms with van der Waals surface area (Å²) in [4.78, 5) is 27.4. The Morgan fingerprint density at radius 2 is 2.04 bits per heavy atom. The summed E-state index contributed by atoms with van der Waals surface area (Å²) in [5.41, 5.74) is 3.99. The highest BCUT2D eigenvalue weighted by molar-refractivity contribution is 6.37. The number of allylic oxidation sites excluding steroid dienone is 1. The van der Waals surface area contributed by atoms with Crippen LogP contribution in [0.25, 0.3) is 11.1 Å². The van der Waals surface area contributed by atoms with Crippen molar-refractivity contribution in [2.45, 2.75) is 32.6 Å². The number of carbonyl (C=O) groups excluding carboxylic acids is 1. The fourth-order valence-corrected chi connectivity index (χ4v) is 4.07. The second-order valence-electron chi connectivity index (χ2n) is 7.24. The number of H-pyrrole nitrogens is 1. The van der Waals surface area contributed by atoms with Crippen LogP contribution in [0.15, 0.2) is 18.2 Å². The van der Waals surface area contributed by atoms with Crippen LogP contribution in [-0.2, 0) is 10.2 Å². The highest BCUT2D eigenvalue weighted by atomic mass is 19.1. The Morgan fingerprint density at radius 1 is 1.32 bits per heavy atom. The van der Waals surface area contributed by atoms with Crippen LogP contribution in [0.5, 0.6) is 0 Å². The van der Waals surface area contributed by atoms with E-state index in [1.54, 1.807) is 13.0 Å². The Labute approximate surface area is 143 Å². The molecule has 0 atom stereocenters. The third kappa shape index (κ3) is 2.06. The first kappa shape index (κ1) is 15.6. The normalized spacial score (nSPS) is 20.4. The van der Waals surface area contributed by atoms with E-state index in [1.165, 1.54) is 12.1 Å². The number of aromatic carboxylic acids is 1. The Bertz CT molecular complexity index is 998. The molecule has 0 saturated heterocycles. The number of hydrogen-bond donors (Lipinski definition) is 3. The van der Waals surface area contributed by atoms with Gasteiger partial charge in [-0.15, -0.1) is 0 Å². The number of halogens is 1. The molecule has 2 heterocycles. The molecule has 1 amide bonds. The summed E-state index contributed by atoms with van der Waals surface area (Å²) in [5, 5.41) is 12.3. The van der Waals surface area contributed by atoms with Crippen LogP contribution in [0.1, 0.15) is 53.1 Å². The van der Waals surface area contributed by atoms with E-state index < -0.39 is 17.2 Å². The van der Waals surface area contributed by atoms with Gasteiger partial charge in [0.15, 0.2) is 0 Å². The molecule has 2 aliphatic rings. The Balaban J connectivity index is 2.04. The highest BCUT2D eigenvalue weighted by Gasteiger charge is 2.43. The number of nitrogens with one attached hydrogen (secondary N) is 2. The van der Waals surface area contributed by atoms with E-state index in [-0.39, 0.29) is 11.5 Å². The van der Waals surface area contributed by atoms with Gasteiger partial charge in [-0.1, -0.05) is 13.8 Å². The van der Waals surface area contributed by atoms with E-state index in [0.29, 0.717) is 40.2 Å². The van der Waals surface area contributed by atoms with Crippen LogP contribution < -0.4 is 5.32 Å². The topological polar surface area (TPSA) is 82.2 Å². The van der Waals surface area contributed by atoms with Gasteiger partial charge in [0.1, 0.15) is 5.82 Å². The molecule has 1 aliphatic heterocycles. The van der Waals surface area contributed by atoms with Gasteiger partial charge in [0.05, 0.1) is 11.1 Å². The molecule has 0 saturated carbocycles. The third-order valence-corrected chi connectivity index (χ3v) is 5.03. The van der Waals surface area contributed by atoms with Gasteiger partial charge in [-0.2, -0.15) is 0 Å². The molecule has 0 spiro atoms. The fraction of sp³-hybridized carbons (Fsp3) is 0.263. The maximum Gasteiger partial charge on any atom is 0.337 e. The molecule has 1 aromatic heterocycles. The maximum absolute atomic E-state index is 13.7. The lowest BCUT2D eigenvalue weighted by Gasteiger charge is -2.19. The van der Waals surface area contributed by atoms with E-state index in [2.05, 4.69) is 10.3 Å². The first-order valence-electron chi connectivity index (χ1n) is 8.02. The molecule has 25 heavy (non-hydrogen) atoms. The zero-order valence-corrected chi connectivity index (χ0v) is 14.1. The molecule has 5 nitrogen and oxygen atoms in total. The minimum Gasteiger partial charge on any atom is -0.478 e. The average Bonchev–Trinajstić information content (AvgIpc) is 3.09. The Hall–Kier alpha value is -2.89. The van der Waals surface area contributed by atoms with Crippen molar-refractivity contribution in [3.05, 3.63) is 52.1 Å². The lowest BCUT2D eigenvalue weighted by atomic mass is 9.84. The van der Waals surface area contributed by atoms with Crippen LogP contribution in [-0.4, -0.2) is 22.0 Å². The van der Waals surface area contributed by atoms with Gasteiger partial charge < -0.3 is 15.4 Å². The fourth-order valence-electron chi connectivity index (χ4n) is 4.07. The number of rotatable bonds is 1. The molecule has 1 aromatic carbocycles. The quantitative estimate of drug-likeness (QED) is 0.692. The molecule has 1 aliphatic carbocycles. The van der Waals surface area contributed by atoms with Gasteiger partial charge in [0, 0.05) is 22.6 Å². The number of anilines is 1. The number of benzene rings is 1. The first-order valence-corrected chi connectivity index (χ1v) is 8.02. The van der Waals surface area contributed by atoms with Gasteiger partial charge in [0.2, 0.25) is 0 Å². The molecule has 2 aromatic rings. The number of amides is 1. The van der Waals surface area contributed by atoms with Crippen molar-refractivity contribution in [2.75, 3.05) is 5.32 Å². The molecule has 0 bridgehead atoms. The number of aryl methyl sites for hydroxylation is 1. The Kier molecular flexibility index (Phi) is 3.01. The van der Waals surface area contributed by atoms with Gasteiger partial charge in [0.25, 0.3) is 5.91 Å². The number of carboxylic acids is 1. The van der Waals surface area contributed by atoms with Crippen molar-refractivity contribution in [2.24, 2.45) is 0 Å². The highest BCUT2D eigenvalue weighted by Crippen LogP contribution is 2.51. The number of fused-ring (bicyclic) bond motifs is 2. The number of carbonyl (C=O) groups is 2. The predicted octanol–water partition coefficient (Wildman–Crippen LogP) is 3.70. The van der Waals surface area contributed by atoms with Crippen LogP contribution in [0.4, 0.5) is 10.1 Å². The van der Waals surface area contributed by atoms with E-state index >= 15 is 0 Å². The van der Waals surface area contributed by atoms with Crippen molar-refractivity contribution in [3.63, 3.8) is 0 Å².